The van der Waals surface area contributed by atoms with E-state index in [0.29, 0.717) is 21.5 Å². The first kappa shape index (κ1) is 19.3. The molecular weight excluding hydrogens is 382 g/mol. The number of carbonyl (C=O) groups excluding carboxylic acids is 2. The van der Waals surface area contributed by atoms with Crippen LogP contribution in [-0.2, 0) is 9.53 Å². The van der Waals surface area contributed by atoms with Gasteiger partial charge in [0.05, 0.1) is 11.3 Å². The molecule has 30 heavy (non-hydrogen) atoms. The van der Waals surface area contributed by atoms with Crippen LogP contribution in [0.1, 0.15) is 17.3 Å². The first-order valence-electron chi connectivity index (χ1n) is 9.31. The van der Waals surface area contributed by atoms with Crippen LogP contribution < -0.4 is 11.1 Å². The van der Waals surface area contributed by atoms with Gasteiger partial charge in [-0.2, -0.15) is 0 Å². The Kier molecular flexibility index (Phi) is 4.98. The van der Waals surface area contributed by atoms with Gasteiger partial charge in [-0.3, -0.25) is 14.4 Å². The van der Waals surface area contributed by atoms with E-state index in [9.17, 15) is 19.2 Å². The van der Waals surface area contributed by atoms with Crippen LogP contribution in [0.15, 0.2) is 82.4 Å². The maximum atomic E-state index is 13.4. The Morgan fingerprint density at radius 1 is 0.767 bits per heavy atom. The fraction of sp³-hybridized carbons (Fsp3) is 0.0833. The number of rotatable bonds is 4. The molecule has 0 bridgehead atoms. The van der Waals surface area contributed by atoms with Gasteiger partial charge in [-0.15, -0.1) is 0 Å². The summed E-state index contributed by atoms with van der Waals surface area (Å²) in [5.41, 5.74) is -0.587. The molecule has 148 valence electrons. The van der Waals surface area contributed by atoms with E-state index in [2.05, 4.69) is 0 Å². The third-order valence-corrected chi connectivity index (χ3v) is 4.76. The SMILES string of the molecule is CC(=O)COC(=O)c1cccc(-n2c(=O)c3ccccc3c3ccccc3c2=O)c1. The highest BCUT2D eigenvalue weighted by atomic mass is 16.5. The van der Waals surface area contributed by atoms with Gasteiger partial charge in [-0.25, -0.2) is 9.36 Å². The Bertz CT molecular complexity index is 1360. The van der Waals surface area contributed by atoms with E-state index < -0.39 is 17.1 Å². The summed E-state index contributed by atoms with van der Waals surface area (Å²) >= 11 is 0. The van der Waals surface area contributed by atoms with Gasteiger partial charge in [0, 0.05) is 10.8 Å². The predicted molar refractivity (Wildman–Crippen MR) is 114 cm³/mol. The van der Waals surface area contributed by atoms with E-state index in [1.807, 2.05) is 12.1 Å². The number of nitrogens with zero attached hydrogens (tertiary/aromatic N) is 1. The molecule has 0 aliphatic rings. The summed E-state index contributed by atoms with van der Waals surface area (Å²) in [5.74, 6) is -0.992. The molecule has 0 amide bonds. The second-order valence-corrected chi connectivity index (χ2v) is 6.87. The monoisotopic (exact) mass is 399 g/mol. The maximum absolute atomic E-state index is 13.4. The van der Waals surface area contributed by atoms with E-state index in [1.165, 1.54) is 19.1 Å². The van der Waals surface area contributed by atoms with Crippen LogP contribution in [0.5, 0.6) is 0 Å². The lowest BCUT2D eigenvalue weighted by Gasteiger charge is -2.06. The molecule has 0 radical (unpaired) electrons. The van der Waals surface area contributed by atoms with Crippen molar-refractivity contribution in [1.82, 2.24) is 4.57 Å². The van der Waals surface area contributed by atoms with E-state index in [0.717, 1.165) is 4.57 Å². The summed E-state index contributed by atoms with van der Waals surface area (Å²) in [6.45, 7) is 0.971. The highest BCUT2D eigenvalue weighted by Crippen LogP contribution is 2.20. The van der Waals surface area contributed by atoms with Gasteiger partial charge in [0.1, 0.15) is 6.61 Å². The molecular formula is C24H17NO5. The fourth-order valence-electron chi connectivity index (χ4n) is 3.40. The highest BCUT2D eigenvalue weighted by molar-refractivity contribution is 6.05. The average molecular weight is 399 g/mol. The van der Waals surface area contributed by atoms with Crippen LogP contribution >= 0.6 is 0 Å². The minimum absolute atomic E-state index is 0.139. The summed E-state index contributed by atoms with van der Waals surface area (Å²) in [6, 6.07) is 20.1. The summed E-state index contributed by atoms with van der Waals surface area (Å²) in [6.07, 6.45) is 0. The summed E-state index contributed by atoms with van der Waals surface area (Å²) in [7, 11) is 0. The number of ketones is 1. The minimum atomic E-state index is -0.706. The summed E-state index contributed by atoms with van der Waals surface area (Å²) in [5, 5.41) is 2.12. The van der Waals surface area contributed by atoms with Gasteiger partial charge in [-0.1, -0.05) is 42.5 Å². The molecule has 0 saturated heterocycles. The number of Topliss-reactive ketones (excluding diaryl/α,β-unsaturated/α-hetero) is 1. The molecule has 6 nitrogen and oxygen atoms in total. The molecule has 0 saturated carbocycles. The Morgan fingerprint density at radius 2 is 1.30 bits per heavy atom. The number of carbonyl (C=O) groups is 2. The molecule has 0 spiro atoms. The van der Waals surface area contributed by atoms with Gasteiger partial charge in [-0.05, 0) is 48.0 Å². The number of fused-ring (bicyclic) bond motifs is 3. The van der Waals surface area contributed by atoms with Crippen LogP contribution in [0, 0.1) is 0 Å². The van der Waals surface area contributed by atoms with E-state index in [1.54, 1.807) is 48.5 Å². The minimum Gasteiger partial charge on any atom is -0.454 e. The number of esters is 1. The molecule has 0 unspecified atom stereocenters. The smallest absolute Gasteiger partial charge is 0.338 e. The topological polar surface area (TPSA) is 82.4 Å². The second-order valence-electron chi connectivity index (χ2n) is 6.87. The molecule has 3 aromatic carbocycles. The van der Waals surface area contributed by atoms with Crippen molar-refractivity contribution in [1.29, 1.82) is 0 Å². The lowest BCUT2D eigenvalue weighted by molar-refractivity contribution is -0.120. The Labute approximate surface area is 171 Å². The molecule has 4 aromatic rings. The average Bonchev–Trinajstić information content (AvgIpc) is 2.86. The van der Waals surface area contributed by atoms with E-state index in [4.69, 9.17) is 4.74 Å². The van der Waals surface area contributed by atoms with Crippen LogP contribution in [-0.4, -0.2) is 22.9 Å². The number of hydrogen-bond acceptors (Lipinski definition) is 5. The van der Waals surface area contributed by atoms with Crippen LogP contribution in [0.4, 0.5) is 0 Å². The van der Waals surface area contributed by atoms with Gasteiger partial charge in [0.25, 0.3) is 11.1 Å². The van der Waals surface area contributed by atoms with Gasteiger partial charge < -0.3 is 4.74 Å². The second kappa shape index (κ2) is 7.75. The number of hydrogen-bond donors (Lipinski definition) is 0. The third-order valence-electron chi connectivity index (χ3n) is 4.76. The Morgan fingerprint density at radius 3 is 1.83 bits per heavy atom. The molecule has 0 N–H and O–H groups in total. The molecule has 1 aromatic heterocycles. The highest BCUT2D eigenvalue weighted by Gasteiger charge is 2.14. The molecule has 4 rings (SSSR count). The van der Waals surface area contributed by atoms with Crippen molar-refractivity contribution in [3.05, 3.63) is 99.1 Å². The van der Waals surface area contributed by atoms with Gasteiger partial charge >= 0.3 is 5.97 Å². The standard InChI is InChI=1S/C24H17NO5/c1-15(26)14-30-24(29)16-7-6-8-17(13-16)25-22(27)20-11-4-2-9-18(20)19-10-3-5-12-21(19)23(25)28/h2-13H,14H2,1H3. The van der Waals surface area contributed by atoms with Crippen molar-refractivity contribution in [3.8, 4) is 5.69 Å². The first-order valence-corrected chi connectivity index (χ1v) is 9.31. The molecule has 1 heterocycles. The summed E-state index contributed by atoms with van der Waals surface area (Å²) < 4.78 is 6.01. The fourth-order valence-corrected chi connectivity index (χ4v) is 3.40. The normalized spacial score (nSPS) is 10.8. The van der Waals surface area contributed by atoms with Crippen LogP contribution in [0.2, 0.25) is 0 Å². The van der Waals surface area contributed by atoms with Crippen molar-refractivity contribution < 1.29 is 14.3 Å². The van der Waals surface area contributed by atoms with Crippen LogP contribution in [0.25, 0.3) is 27.2 Å². The van der Waals surface area contributed by atoms with Crippen molar-refractivity contribution in [2.45, 2.75) is 6.92 Å². The van der Waals surface area contributed by atoms with Crippen molar-refractivity contribution in [2.75, 3.05) is 6.61 Å². The third kappa shape index (κ3) is 3.39. The number of ether oxygens (including phenoxy) is 1. The lowest BCUT2D eigenvalue weighted by atomic mass is 10.1. The summed E-state index contributed by atoms with van der Waals surface area (Å²) in [4.78, 5) is 50.0. The maximum Gasteiger partial charge on any atom is 0.338 e. The quantitative estimate of drug-likeness (QED) is 0.492. The molecule has 0 aliphatic carbocycles. The lowest BCUT2D eigenvalue weighted by Crippen LogP contribution is -2.28. The zero-order valence-electron chi connectivity index (χ0n) is 16.1. The van der Waals surface area contributed by atoms with E-state index >= 15 is 0 Å². The molecule has 0 aliphatic heterocycles. The molecule has 6 heteroatoms. The van der Waals surface area contributed by atoms with Crippen molar-refractivity contribution in [3.63, 3.8) is 0 Å². The Hall–Kier alpha value is -4.06. The zero-order valence-corrected chi connectivity index (χ0v) is 16.1. The van der Waals surface area contributed by atoms with Gasteiger partial charge in [0.2, 0.25) is 0 Å². The van der Waals surface area contributed by atoms with Gasteiger partial charge in [0.15, 0.2) is 5.78 Å². The van der Waals surface area contributed by atoms with Crippen LogP contribution in [0.3, 0.4) is 0 Å². The van der Waals surface area contributed by atoms with Crippen molar-refractivity contribution >= 4 is 33.3 Å². The number of aromatic nitrogens is 1. The predicted octanol–water partition coefficient (Wildman–Crippen LogP) is 3.25. The largest absolute Gasteiger partial charge is 0.454 e. The van der Waals surface area contributed by atoms with Crippen molar-refractivity contribution in [2.24, 2.45) is 0 Å². The Balaban J connectivity index is 2.01. The number of benzene rings is 3. The zero-order chi connectivity index (χ0) is 21.3. The first-order chi connectivity index (χ1) is 14.5. The molecule has 0 fully saturated rings. The molecule has 0 atom stereocenters. The van der Waals surface area contributed by atoms with E-state index in [-0.39, 0.29) is 23.6 Å².